The van der Waals surface area contributed by atoms with Crippen LogP contribution >= 0.6 is 11.3 Å². The third kappa shape index (κ3) is 2.98. The van der Waals surface area contributed by atoms with E-state index in [-0.39, 0.29) is 19.3 Å². The van der Waals surface area contributed by atoms with E-state index in [9.17, 15) is 0 Å². The predicted octanol–water partition coefficient (Wildman–Crippen LogP) is 0.463. The minimum atomic E-state index is -0.225. The summed E-state index contributed by atoms with van der Waals surface area (Å²) in [5.41, 5.74) is 0. The maximum atomic E-state index is 8.87. The third-order valence-corrected chi connectivity index (χ3v) is 3.66. The Morgan fingerprint density at radius 2 is 2.20 bits per heavy atom. The number of hydrogen-bond donors (Lipinski definition) is 3. The molecule has 0 unspecified atom stereocenters. The highest BCUT2D eigenvalue weighted by molar-refractivity contribution is 7.11. The molecule has 4 nitrogen and oxygen atoms in total. The van der Waals surface area contributed by atoms with Crippen molar-refractivity contribution in [1.29, 1.82) is 0 Å². The molecule has 0 amide bonds. The third-order valence-electron chi connectivity index (χ3n) is 2.50. The van der Waals surface area contributed by atoms with Crippen LogP contribution in [0.15, 0.2) is 6.20 Å². The summed E-state index contributed by atoms with van der Waals surface area (Å²) in [6.07, 6.45) is 4.43. The van der Waals surface area contributed by atoms with Crippen molar-refractivity contribution >= 4 is 11.3 Å². The van der Waals surface area contributed by atoms with Gasteiger partial charge in [0.25, 0.3) is 0 Å². The SMILES string of the molecule is OCC(CO)NCc1cnc(C2CC2)s1. The van der Waals surface area contributed by atoms with Crippen molar-refractivity contribution in [3.05, 3.63) is 16.1 Å². The molecule has 0 atom stereocenters. The van der Waals surface area contributed by atoms with Crippen LogP contribution in [-0.2, 0) is 6.54 Å². The van der Waals surface area contributed by atoms with E-state index in [1.54, 1.807) is 11.3 Å². The van der Waals surface area contributed by atoms with Gasteiger partial charge in [0.15, 0.2) is 0 Å². The first kappa shape index (κ1) is 11.0. The first-order valence-electron chi connectivity index (χ1n) is 5.23. The zero-order valence-electron chi connectivity index (χ0n) is 8.52. The van der Waals surface area contributed by atoms with Gasteiger partial charge in [0.1, 0.15) is 0 Å². The number of nitrogens with zero attached hydrogens (tertiary/aromatic N) is 1. The normalized spacial score (nSPS) is 16.2. The van der Waals surface area contributed by atoms with Gasteiger partial charge >= 0.3 is 0 Å². The van der Waals surface area contributed by atoms with Crippen LogP contribution < -0.4 is 5.32 Å². The molecule has 1 aromatic heterocycles. The fourth-order valence-electron chi connectivity index (χ4n) is 1.36. The van der Waals surface area contributed by atoms with E-state index in [0.717, 1.165) is 0 Å². The van der Waals surface area contributed by atoms with Crippen LogP contribution in [0.5, 0.6) is 0 Å². The molecule has 5 heteroatoms. The highest BCUT2D eigenvalue weighted by Crippen LogP contribution is 2.41. The van der Waals surface area contributed by atoms with Gasteiger partial charge in [0.05, 0.1) is 24.3 Å². The number of aliphatic hydroxyl groups is 2. The van der Waals surface area contributed by atoms with E-state index in [4.69, 9.17) is 10.2 Å². The summed E-state index contributed by atoms with van der Waals surface area (Å²) >= 11 is 1.73. The van der Waals surface area contributed by atoms with Gasteiger partial charge in [0, 0.05) is 23.5 Å². The molecule has 0 bridgehead atoms. The molecule has 0 radical (unpaired) electrons. The van der Waals surface area contributed by atoms with Gasteiger partial charge < -0.3 is 15.5 Å². The zero-order valence-corrected chi connectivity index (χ0v) is 9.33. The lowest BCUT2D eigenvalue weighted by Gasteiger charge is -2.11. The Hall–Kier alpha value is -0.490. The Balaban J connectivity index is 1.82. The number of hydrogen-bond acceptors (Lipinski definition) is 5. The molecule has 84 valence electrons. The van der Waals surface area contributed by atoms with E-state index in [1.807, 2.05) is 6.20 Å². The Kier molecular flexibility index (Phi) is 3.69. The molecule has 2 rings (SSSR count). The molecular weight excluding hydrogens is 212 g/mol. The van der Waals surface area contributed by atoms with Gasteiger partial charge in [-0.05, 0) is 12.8 Å². The quantitative estimate of drug-likeness (QED) is 0.662. The molecule has 0 aliphatic heterocycles. The molecule has 1 aliphatic rings. The second-order valence-corrected chi connectivity index (χ2v) is 5.03. The monoisotopic (exact) mass is 228 g/mol. The van der Waals surface area contributed by atoms with Crippen LogP contribution in [0.3, 0.4) is 0 Å². The molecule has 1 heterocycles. The molecule has 0 spiro atoms. The number of aliphatic hydroxyl groups excluding tert-OH is 2. The summed E-state index contributed by atoms with van der Waals surface area (Å²) in [6, 6.07) is -0.225. The first-order chi connectivity index (χ1) is 7.33. The summed E-state index contributed by atoms with van der Waals surface area (Å²) in [6.45, 7) is 0.603. The van der Waals surface area contributed by atoms with Gasteiger partial charge in [-0.3, -0.25) is 0 Å². The second kappa shape index (κ2) is 5.03. The van der Waals surface area contributed by atoms with E-state index < -0.39 is 0 Å². The maximum absolute atomic E-state index is 8.87. The Morgan fingerprint density at radius 1 is 1.47 bits per heavy atom. The standard InChI is InChI=1S/C10H16N2O2S/c13-5-8(6-14)11-3-9-4-12-10(15-9)7-1-2-7/h4,7-8,11,13-14H,1-3,5-6H2. The van der Waals surface area contributed by atoms with Crippen molar-refractivity contribution in [2.75, 3.05) is 13.2 Å². The number of nitrogens with one attached hydrogen (secondary N) is 1. The molecule has 1 saturated carbocycles. The minimum absolute atomic E-state index is 0.0369. The van der Waals surface area contributed by atoms with Crippen LogP contribution in [0.4, 0.5) is 0 Å². The summed E-state index contributed by atoms with van der Waals surface area (Å²) in [7, 11) is 0. The lowest BCUT2D eigenvalue weighted by atomic mass is 10.3. The maximum Gasteiger partial charge on any atom is 0.0959 e. The molecule has 3 N–H and O–H groups in total. The summed E-state index contributed by atoms with van der Waals surface area (Å²) in [5.74, 6) is 0.704. The molecule has 1 aromatic rings. The largest absolute Gasteiger partial charge is 0.395 e. The van der Waals surface area contributed by atoms with E-state index >= 15 is 0 Å². The zero-order chi connectivity index (χ0) is 10.7. The summed E-state index contributed by atoms with van der Waals surface area (Å²) < 4.78 is 0. The van der Waals surface area contributed by atoms with Gasteiger partial charge in [-0.15, -0.1) is 11.3 Å². The molecule has 0 aromatic carbocycles. The lowest BCUT2D eigenvalue weighted by molar-refractivity contribution is 0.170. The van der Waals surface area contributed by atoms with Gasteiger partial charge in [-0.2, -0.15) is 0 Å². The van der Waals surface area contributed by atoms with Gasteiger partial charge in [-0.1, -0.05) is 0 Å². The summed E-state index contributed by atoms with van der Waals surface area (Å²) in [5, 5.41) is 22.1. The van der Waals surface area contributed by atoms with Crippen LogP contribution in [0.2, 0.25) is 0 Å². The van der Waals surface area contributed by atoms with Crippen molar-refractivity contribution in [1.82, 2.24) is 10.3 Å². The van der Waals surface area contributed by atoms with E-state index in [1.165, 1.54) is 22.7 Å². The average molecular weight is 228 g/mol. The van der Waals surface area contributed by atoms with E-state index in [0.29, 0.717) is 12.5 Å². The predicted molar refractivity (Wildman–Crippen MR) is 58.9 cm³/mol. The topological polar surface area (TPSA) is 65.4 Å². The van der Waals surface area contributed by atoms with Crippen molar-refractivity contribution in [2.24, 2.45) is 0 Å². The van der Waals surface area contributed by atoms with Gasteiger partial charge in [0.2, 0.25) is 0 Å². The second-order valence-electron chi connectivity index (χ2n) is 3.88. The van der Waals surface area contributed by atoms with E-state index in [2.05, 4.69) is 10.3 Å². The molecular formula is C10H16N2O2S. The fourth-order valence-corrected chi connectivity index (χ4v) is 2.39. The number of rotatable bonds is 6. The van der Waals surface area contributed by atoms with Crippen LogP contribution in [-0.4, -0.2) is 34.5 Å². The number of aromatic nitrogens is 1. The fraction of sp³-hybridized carbons (Fsp3) is 0.700. The molecule has 1 fully saturated rings. The Labute approximate surface area is 93.0 Å². The Morgan fingerprint density at radius 3 is 2.80 bits per heavy atom. The molecule has 15 heavy (non-hydrogen) atoms. The van der Waals surface area contributed by atoms with Crippen LogP contribution in [0.25, 0.3) is 0 Å². The van der Waals surface area contributed by atoms with Crippen LogP contribution in [0.1, 0.15) is 28.6 Å². The number of thiazole rings is 1. The van der Waals surface area contributed by atoms with Crippen molar-refractivity contribution < 1.29 is 10.2 Å². The minimum Gasteiger partial charge on any atom is -0.395 e. The Bertz CT molecular complexity index is 308. The lowest BCUT2D eigenvalue weighted by Crippen LogP contribution is -2.34. The summed E-state index contributed by atoms with van der Waals surface area (Å²) in [4.78, 5) is 5.53. The molecule has 0 saturated heterocycles. The van der Waals surface area contributed by atoms with Gasteiger partial charge in [-0.25, -0.2) is 4.98 Å². The first-order valence-corrected chi connectivity index (χ1v) is 6.05. The highest BCUT2D eigenvalue weighted by Gasteiger charge is 2.26. The highest BCUT2D eigenvalue weighted by atomic mass is 32.1. The van der Waals surface area contributed by atoms with Crippen LogP contribution in [0, 0.1) is 0 Å². The average Bonchev–Trinajstić information content (AvgIpc) is 3.01. The van der Waals surface area contributed by atoms with Crippen molar-refractivity contribution in [3.8, 4) is 0 Å². The van der Waals surface area contributed by atoms with Crippen molar-refractivity contribution in [3.63, 3.8) is 0 Å². The smallest absolute Gasteiger partial charge is 0.0959 e. The van der Waals surface area contributed by atoms with Crippen molar-refractivity contribution in [2.45, 2.75) is 31.3 Å². The molecule has 1 aliphatic carbocycles.